The maximum atomic E-state index is 9.73. The summed E-state index contributed by atoms with van der Waals surface area (Å²) in [5.41, 5.74) is 0. The second-order valence-electron chi connectivity index (χ2n) is 5.06. The van der Waals surface area contributed by atoms with Crippen molar-refractivity contribution in [2.24, 2.45) is 0 Å². The normalized spacial score (nSPS) is 16.0. The second-order valence-corrected chi connectivity index (χ2v) is 5.06. The van der Waals surface area contributed by atoms with Crippen molar-refractivity contribution in [2.45, 2.75) is 12.8 Å². The van der Waals surface area contributed by atoms with Crippen molar-refractivity contribution in [3.63, 3.8) is 0 Å². The van der Waals surface area contributed by atoms with Gasteiger partial charge in [0.2, 0.25) is 0 Å². The molecule has 2 aromatic rings. The molecule has 0 aliphatic carbocycles. The highest BCUT2D eigenvalue weighted by molar-refractivity contribution is 5.89. The number of fused-ring (bicyclic) bond motifs is 1. The fraction of sp³-hybridized carbons (Fsp3) is 0.375. The molecule has 0 radical (unpaired) electrons. The van der Waals surface area contributed by atoms with Crippen molar-refractivity contribution >= 4 is 10.8 Å². The molecule has 3 rings (SSSR count). The van der Waals surface area contributed by atoms with E-state index in [2.05, 4.69) is 4.90 Å². The Balaban J connectivity index is 1.64. The lowest BCUT2D eigenvalue weighted by atomic mass is 10.1. The van der Waals surface area contributed by atoms with Crippen molar-refractivity contribution in [1.29, 1.82) is 0 Å². The number of phenolic OH excluding ortho intramolecular Hbond substituents is 1. The average molecular weight is 257 g/mol. The molecule has 1 saturated heterocycles. The van der Waals surface area contributed by atoms with Gasteiger partial charge in [-0.3, -0.25) is 4.90 Å². The first-order valence-corrected chi connectivity index (χ1v) is 6.90. The topological polar surface area (TPSA) is 32.7 Å². The maximum Gasteiger partial charge on any atom is 0.123 e. The van der Waals surface area contributed by atoms with E-state index in [1.54, 1.807) is 6.07 Å². The van der Waals surface area contributed by atoms with Gasteiger partial charge < -0.3 is 9.84 Å². The smallest absolute Gasteiger partial charge is 0.123 e. The Bertz CT molecular complexity index is 562. The highest BCUT2D eigenvalue weighted by Crippen LogP contribution is 2.27. The van der Waals surface area contributed by atoms with E-state index in [-0.39, 0.29) is 0 Å². The predicted molar refractivity (Wildman–Crippen MR) is 76.8 cm³/mol. The van der Waals surface area contributed by atoms with Crippen LogP contribution in [0.5, 0.6) is 11.5 Å². The Morgan fingerprint density at radius 2 is 1.95 bits per heavy atom. The molecule has 0 atom stereocenters. The molecular formula is C16H19NO2. The first kappa shape index (κ1) is 12.3. The molecule has 1 heterocycles. The molecule has 3 nitrogen and oxygen atoms in total. The van der Waals surface area contributed by atoms with E-state index in [1.165, 1.54) is 25.9 Å². The van der Waals surface area contributed by atoms with Crippen LogP contribution in [0, 0.1) is 0 Å². The molecule has 0 unspecified atom stereocenters. The molecule has 3 heteroatoms. The molecule has 0 amide bonds. The summed E-state index contributed by atoms with van der Waals surface area (Å²) in [7, 11) is 0. The van der Waals surface area contributed by atoms with Crippen LogP contribution < -0.4 is 4.74 Å². The molecule has 1 fully saturated rings. The van der Waals surface area contributed by atoms with E-state index in [1.807, 2.05) is 30.3 Å². The molecule has 2 aromatic carbocycles. The zero-order valence-electron chi connectivity index (χ0n) is 11.0. The third-order valence-corrected chi connectivity index (χ3v) is 3.70. The minimum absolute atomic E-state index is 0.320. The molecule has 0 spiro atoms. The van der Waals surface area contributed by atoms with Crippen molar-refractivity contribution in [1.82, 2.24) is 4.90 Å². The summed E-state index contributed by atoms with van der Waals surface area (Å²) in [6, 6.07) is 11.4. The number of aromatic hydroxyl groups is 1. The molecule has 1 aliphatic heterocycles. The summed E-state index contributed by atoms with van der Waals surface area (Å²) in [6.07, 6.45) is 2.63. The molecule has 1 N–H and O–H groups in total. The number of benzene rings is 2. The van der Waals surface area contributed by atoms with Crippen molar-refractivity contribution in [3.05, 3.63) is 36.4 Å². The minimum atomic E-state index is 0.320. The summed E-state index contributed by atoms with van der Waals surface area (Å²) in [6.45, 7) is 4.13. The molecule has 0 aromatic heterocycles. The number of hydrogen-bond acceptors (Lipinski definition) is 3. The molecule has 100 valence electrons. The number of likely N-dealkylation sites (tertiary alicyclic amines) is 1. The van der Waals surface area contributed by atoms with Crippen molar-refractivity contribution in [3.8, 4) is 11.5 Å². The Morgan fingerprint density at radius 3 is 2.79 bits per heavy atom. The Kier molecular flexibility index (Phi) is 3.56. The van der Waals surface area contributed by atoms with Crippen LogP contribution in [-0.4, -0.2) is 36.2 Å². The standard InChI is InChI=1S/C16H19NO2/c18-16-5-3-4-13-12-14(6-7-15(13)16)19-11-10-17-8-1-2-9-17/h3-7,12,18H,1-2,8-11H2. The van der Waals surface area contributed by atoms with Gasteiger partial charge in [-0.1, -0.05) is 12.1 Å². The zero-order valence-corrected chi connectivity index (χ0v) is 11.0. The van der Waals surface area contributed by atoms with Crippen molar-refractivity contribution < 1.29 is 9.84 Å². The van der Waals surface area contributed by atoms with Gasteiger partial charge in [-0.25, -0.2) is 0 Å². The first-order valence-electron chi connectivity index (χ1n) is 6.90. The monoisotopic (exact) mass is 257 g/mol. The lowest BCUT2D eigenvalue weighted by Gasteiger charge is -2.15. The zero-order chi connectivity index (χ0) is 13.1. The minimum Gasteiger partial charge on any atom is -0.507 e. The fourth-order valence-corrected chi connectivity index (χ4v) is 2.63. The van der Waals surface area contributed by atoms with Crippen LogP contribution in [0.15, 0.2) is 36.4 Å². The van der Waals surface area contributed by atoms with Gasteiger partial charge in [0.05, 0.1) is 0 Å². The third kappa shape index (κ3) is 2.82. The van der Waals surface area contributed by atoms with Gasteiger partial charge in [0, 0.05) is 11.9 Å². The van der Waals surface area contributed by atoms with Crippen LogP contribution >= 0.6 is 0 Å². The summed E-state index contributed by atoms with van der Waals surface area (Å²) >= 11 is 0. The molecule has 19 heavy (non-hydrogen) atoms. The maximum absolute atomic E-state index is 9.73. The van der Waals surface area contributed by atoms with Gasteiger partial charge in [-0.2, -0.15) is 0 Å². The van der Waals surface area contributed by atoms with Crippen LogP contribution in [0.3, 0.4) is 0 Å². The Labute approximate surface area is 113 Å². The molecular weight excluding hydrogens is 238 g/mol. The summed E-state index contributed by atoms with van der Waals surface area (Å²) in [5, 5.41) is 11.6. The van der Waals surface area contributed by atoms with E-state index in [4.69, 9.17) is 4.74 Å². The van der Waals surface area contributed by atoms with Gasteiger partial charge >= 0.3 is 0 Å². The number of ether oxygens (including phenoxy) is 1. The average Bonchev–Trinajstić information content (AvgIpc) is 2.92. The first-order chi connectivity index (χ1) is 9.33. The van der Waals surface area contributed by atoms with E-state index < -0.39 is 0 Å². The number of nitrogens with zero attached hydrogens (tertiary/aromatic N) is 1. The van der Waals surface area contributed by atoms with E-state index in [9.17, 15) is 5.11 Å². The van der Waals surface area contributed by atoms with Gasteiger partial charge in [0.15, 0.2) is 0 Å². The largest absolute Gasteiger partial charge is 0.507 e. The molecule has 0 bridgehead atoms. The quantitative estimate of drug-likeness (QED) is 0.914. The van der Waals surface area contributed by atoms with Crippen LogP contribution in [-0.2, 0) is 0 Å². The van der Waals surface area contributed by atoms with E-state index in [0.717, 1.165) is 29.7 Å². The van der Waals surface area contributed by atoms with E-state index >= 15 is 0 Å². The Hall–Kier alpha value is -1.74. The van der Waals surface area contributed by atoms with Crippen LogP contribution in [0.25, 0.3) is 10.8 Å². The van der Waals surface area contributed by atoms with Gasteiger partial charge in [0.25, 0.3) is 0 Å². The number of rotatable bonds is 4. The molecule has 1 aliphatic rings. The number of hydrogen-bond donors (Lipinski definition) is 1. The highest BCUT2D eigenvalue weighted by atomic mass is 16.5. The second kappa shape index (κ2) is 5.49. The van der Waals surface area contributed by atoms with Gasteiger partial charge in [-0.15, -0.1) is 0 Å². The lowest BCUT2D eigenvalue weighted by molar-refractivity contribution is 0.238. The van der Waals surface area contributed by atoms with Crippen molar-refractivity contribution in [2.75, 3.05) is 26.2 Å². The number of phenols is 1. The lowest BCUT2D eigenvalue weighted by Crippen LogP contribution is -2.25. The summed E-state index contributed by atoms with van der Waals surface area (Å²) in [5.74, 6) is 1.19. The molecule has 0 saturated carbocycles. The predicted octanol–water partition coefficient (Wildman–Crippen LogP) is 3.02. The highest BCUT2D eigenvalue weighted by Gasteiger charge is 2.10. The van der Waals surface area contributed by atoms with Crippen LogP contribution in [0.4, 0.5) is 0 Å². The summed E-state index contributed by atoms with van der Waals surface area (Å²) < 4.78 is 5.79. The van der Waals surface area contributed by atoms with Gasteiger partial charge in [0.1, 0.15) is 18.1 Å². The van der Waals surface area contributed by atoms with E-state index in [0.29, 0.717) is 5.75 Å². The fourth-order valence-electron chi connectivity index (χ4n) is 2.63. The Morgan fingerprint density at radius 1 is 1.11 bits per heavy atom. The third-order valence-electron chi connectivity index (χ3n) is 3.70. The SMILES string of the molecule is Oc1cccc2cc(OCCN3CCCC3)ccc12. The van der Waals surface area contributed by atoms with Crippen LogP contribution in [0.1, 0.15) is 12.8 Å². The summed E-state index contributed by atoms with van der Waals surface area (Å²) in [4.78, 5) is 2.44. The van der Waals surface area contributed by atoms with Gasteiger partial charge in [-0.05, 0) is 55.6 Å². The van der Waals surface area contributed by atoms with Crippen LogP contribution in [0.2, 0.25) is 0 Å².